The Morgan fingerprint density at radius 1 is 1.33 bits per heavy atom. The summed E-state index contributed by atoms with van der Waals surface area (Å²) in [4.78, 5) is 16.1. The van der Waals surface area contributed by atoms with Crippen LogP contribution in [0.25, 0.3) is 0 Å². The Hall–Kier alpha value is -1.31. The van der Waals surface area contributed by atoms with Crippen molar-refractivity contribution < 1.29 is 9.90 Å². The van der Waals surface area contributed by atoms with Crippen LogP contribution in [0.5, 0.6) is 0 Å². The number of nitrogens with zero attached hydrogens (tertiary/aromatic N) is 1. The highest BCUT2D eigenvalue weighted by Crippen LogP contribution is 2.24. The lowest BCUT2D eigenvalue weighted by Gasteiger charge is -2.26. The zero-order chi connectivity index (χ0) is 15.1. The fraction of sp³-hybridized carbons (Fsp3) is 0.588. The summed E-state index contributed by atoms with van der Waals surface area (Å²) in [6.45, 7) is 0.0780. The zero-order valence-electron chi connectivity index (χ0n) is 12.6. The van der Waals surface area contributed by atoms with Crippen molar-refractivity contribution in [3.8, 4) is 11.8 Å². The molecule has 1 aliphatic rings. The Morgan fingerprint density at radius 2 is 2.05 bits per heavy atom. The van der Waals surface area contributed by atoms with Gasteiger partial charge in [-0.1, -0.05) is 37.5 Å². The fourth-order valence-corrected chi connectivity index (χ4v) is 3.57. The van der Waals surface area contributed by atoms with E-state index in [1.807, 2.05) is 24.1 Å². The van der Waals surface area contributed by atoms with Gasteiger partial charge >= 0.3 is 0 Å². The zero-order valence-corrected chi connectivity index (χ0v) is 13.4. The minimum atomic E-state index is 0.0780. The fourth-order valence-electron chi connectivity index (χ4n) is 2.71. The monoisotopic (exact) mass is 305 g/mol. The van der Waals surface area contributed by atoms with Crippen molar-refractivity contribution in [2.75, 3.05) is 13.7 Å². The molecule has 1 N–H and O–H groups in total. The first-order valence-electron chi connectivity index (χ1n) is 7.69. The molecule has 21 heavy (non-hydrogen) atoms. The van der Waals surface area contributed by atoms with Crippen LogP contribution >= 0.6 is 11.3 Å². The van der Waals surface area contributed by atoms with Gasteiger partial charge in [-0.3, -0.25) is 4.79 Å². The molecule has 1 heterocycles. The lowest BCUT2D eigenvalue weighted by molar-refractivity contribution is 0.0722. The number of aliphatic hydroxyl groups is 1. The van der Waals surface area contributed by atoms with Crippen molar-refractivity contribution in [1.82, 2.24) is 4.90 Å². The van der Waals surface area contributed by atoms with Gasteiger partial charge < -0.3 is 10.0 Å². The van der Waals surface area contributed by atoms with Gasteiger partial charge in [0.25, 0.3) is 5.91 Å². The first-order valence-corrected chi connectivity index (χ1v) is 8.50. The van der Waals surface area contributed by atoms with Crippen molar-refractivity contribution in [1.29, 1.82) is 0 Å². The molecule has 114 valence electrons. The largest absolute Gasteiger partial charge is 0.395 e. The van der Waals surface area contributed by atoms with Crippen molar-refractivity contribution in [3.05, 3.63) is 21.9 Å². The third-order valence-electron chi connectivity index (χ3n) is 3.96. The minimum absolute atomic E-state index is 0.0780. The maximum atomic E-state index is 12.5. The molecule has 0 aromatic carbocycles. The molecule has 1 aromatic rings. The third-order valence-corrected chi connectivity index (χ3v) is 4.95. The number of amides is 1. The van der Waals surface area contributed by atoms with Crippen LogP contribution in [-0.4, -0.2) is 35.6 Å². The van der Waals surface area contributed by atoms with E-state index in [0.29, 0.717) is 12.5 Å². The van der Waals surface area contributed by atoms with E-state index in [2.05, 4.69) is 11.8 Å². The van der Waals surface area contributed by atoms with E-state index >= 15 is 0 Å². The highest BCUT2D eigenvalue weighted by molar-refractivity contribution is 7.14. The van der Waals surface area contributed by atoms with Gasteiger partial charge in [0.2, 0.25) is 0 Å². The van der Waals surface area contributed by atoms with E-state index in [9.17, 15) is 4.79 Å². The highest BCUT2D eigenvalue weighted by atomic mass is 32.1. The molecule has 1 fully saturated rings. The maximum Gasteiger partial charge on any atom is 0.263 e. The number of hydrogen-bond acceptors (Lipinski definition) is 3. The van der Waals surface area contributed by atoms with Gasteiger partial charge in [-0.15, -0.1) is 11.3 Å². The first kappa shape index (κ1) is 16.1. The number of aliphatic hydroxyl groups excluding tert-OH is 1. The third kappa shape index (κ3) is 4.59. The van der Waals surface area contributed by atoms with Crippen molar-refractivity contribution in [2.45, 2.75) is 51.0 Å². The minimum Gasteiger partial charge on any atom is -0.395 e. The quantitative estimate of drug-likeness (QED) is 0.688. The summed E-state index contributed by atoms with van der Waals surface area (Å²) >= 11 is 1.44. The van der Waals surface area contributed by atoms with Crippen LogP contribution in [0.15, 0.2) is 12.1 Å². The second kappa shape index (κ2) is 8.21. The smallest absolute Gasteiger partial charge is 0.263 e. The molecule has 0 saturated heterocycles. The summed E-state index contributed by atoms with van der Waals surface area (Å²) in [6, 6.07) is 4.14. The van der Waals surface area contributed by atoms with E-state index in [1.54, 1.807) is 0 Å². The average molecular weight is 305 g/mol. The standard InChI is InChI=1S/C17H23NO2S/c1-18(14-8-4-2-3-5-9-14)17(20)16-12-11-15(21-16)10-6-7-13-19/h11-12,14,19H,2-5,7-9,13H2,1H3. The van der Waals surface area contributed by atoms with Crippen LogP contribution in [0.1, 0.15) is 59.5 Å². The number of hydrogen-bond donors (Lipinski definition) is 1. The number of carbonyl (C=O) groups is 1. The molecule has 0 aliphatic heterocycles. The average Bonchev–Trinajstić information content (AvgIpc) is 2.80. The summed E-state index contributed by atoms with van der Waals surface area (Å²) in [5.74, 6) is 5.99. The summed E-state index contributed by atoms with van der Waals surface area (Å²) in [5.41, 5.74) is 0. The molecule has 0 radical (unpaired) electrons. The van der Waals surface area contributed by atoms with E-state index < -0.39 is 0 Å². The van der Waals surface area contributed by atoms with E-state index in [1.165, 1.54) is 37.0 Å². The predicted octanol–water partition coefficient (Wildman–Crippen LogP) is 3.28. The number of thiophene rings is 1. The van der Waals surface area contributed by atoms with Gasteiger partial charge in [0, 0.05) is 19.5 Å². The molecule has 1 saturated carbocycles. The summed E-state index contributed by atoms with van der Waals surface area (Å²) in [7, 11) is 1.93. The predicted molar refractivity (Wildman–Crippen MR) is 86.5 cm³/mol. The Bertz CT molecular complexity index is 518. The Balaban J connectivity index is 2.00. The molecular weight excluding hydrogens is 282 g/mol. The molecule has 1 amide bonds. The topological polar surface area (TPSA) is 40.5 Å². The molecule has 3 nitrogen and oxygen atoms in total. The number of carbonyl (C=O) groups excluding carboxylic acids is 1. The van der Waals surface area contributed by atoms with Crippen LogP contribution in [0.3, 0.4) is 0 Å². The normalized spacial score (nSPS) is 15.9. The van der Waals surface area contributed by atoms with Crippen LogP contribution in [0.2, 0.25) is 0 Å². The summed E-state index contributed by atoms with van der Waals surface area (Å²) in [6.07, 6.45) is 7.76. The summed E-state index contributed by atoms with van der Waals surface area (Å²) in [5, 5.41) is 8.72. The molecule has 0 bridgehead atoms. The Labute approximate surface area is 131 Å². The first-order chi connectivity index (χ1) is 10.2. The summed E-state index contributed by atoms with van der Waals surface area (Å²) < 4.78 is 0. The molecule has 2 rings (SSSR count). The molecule has 1 aromatic heterocycles. The van der Waals surface area contributed by atoms with E-state index in [4.69, 9.17) is 5.11 Å². The lowest BCUT2D eigenvalue weighted by atomic mass is 10.1. The highest BCUT2D eigenvalue weighted by Gasteiger charge is 2.23. The Kier molecular flexibility index (Phi) is 6.28. The van der Waals surface area contributed by atoms with Crippen molar-refractivity contribution in [2.24, 2.45) is 0 Å². The van der Waals surface area contributed by atoms with Crippen LogP contribution in [-0.2, 0) is 0 Å². The van der Waals surface area contributed by atoms with E-state index in [0.717, 1.165) is 22.6 Å². The van der Waals surface area contributed by atoms with Crippen LogP contribution < -0.4 is 0 Å². The maximum absolute atomic E-state index is 12.5. The van der Waals surface area contributed by atoms with Gasteiger partial charge in [-0.25, -0.2) is 0 Å². The molecule has 0 unspecified atom stereocenters. The van der Waals surface area contributed by atoms with Gasteiger partial charge in [0.05, 0.1) is 16.4 Å². The van der Waals surface area contributed by atoms with Crippen molar-refractivity contribution in [3.63, 3.8) is 0 Å². The van der Waals surface area contributed by atoms with Crippen molar-refractivity contribution >= 4 is 17.2 Å². The lowest BCUT2D eigenvalue weighted by Crippen LogP contribution is -2.36. The molecular formula is C17H23NO2S. The van der Waals surface area contributed by atoms with Gasteiger partial charge in [-0.2, -0.15) is 0 Å². The second-order valence-electron chi connectivity index (χ2n) is 5.50. The van der Waals surface area contributed by atoms with Crippen LogP contribution in [0.4, 0.5) is 0 Å². The molecule has 0 spiro atoms. The van der Waals surface area contributed by atoms with E-state index in [-0.39, 0.29) is 12.5 Å². The SMILES string of the molecule is CN(C(=O)c1ccc(C#CCCO)s1)C1CCCCCC1. The Morgan fingerprint density at radius 3 is 2.71 bits per heavy atom. The van der Waals surface area contributed by atoms with Gasteiger partial charge in [0.15, 0.2) is 0 Å². The molecule has 1 aliphatic carbocycles. The molecule has 4 heteroatoms. The number of rotatable bonds is 3. The van der Waals surface area contributed by atoms with Crippen LogP contribution in [0, 0.1) is 11.8 Å². The van der Waals surface area contributed by atoms with Gasteiger partial charge in [0.1, 0.15) is 0 Å². The molecule has 0 atom stereocenters. The second-order valence-corrected chi connectivity index (χ2v) is 6.58. The van der Waals surface area contributed by atoms with Gasteiger partial charge in [-0.05, 0) is 25.0 Å².